The average Bonchev–Trinajstić information content (AvgIpc) is 2.23. The van der Waals surface area contributed by atoms with Crippen LogP contribution >= 0.6 is 0 Å². The number of carbonyl (C=O) groups excluding carboxylic acids is 1. The van der Waals surface area contributed by atoms with Gasteiger partial charge in [0.05, 0.1) is 0 Å². The molecule has 0 spiro atoms. The minimum atomic E-state index is -0.966. The monoisotopic (exact) mass is 212 g/mol. The van der Waals surface area contributed by atoms with E-state index in [1.807, 2.05) is 0 Å². The molecule has 0 saturated carbocycles. The van der Waals surface area contributed by atoms with Gasteiger partial charge in [-0.15, -0.1) is 0 Å². The summed E-state index contributed by atoms with van der Waals surface area (Å²) in [6.45, 7) is 1.05. The molecule has 0 radical (unpaired) electrons. The second-order valence-electron chi connectivity index (χ2n) is 3.32. The van der Waals surface area contributed by atoms with Gasteiger partial charge in [0.15, 0.2) is 11.6 Å². The lowest BCUT2D eigenvalue weighted by Crippen LogP contribution is -2.47. The van der Waals surface area contributed by atoms with E-state index >= 15 is 0 Å². The van der Waals surface area contributed by atoms with Gasteiger partial charge in [-0.3, -0.25) is 4.79 Å². The van der Waals surface area contributed by atoms with Crippen molar-refractivity contribution < 1.29 is 13.6 Å². The predicted molar refractivity (Wildman–Crippen MR) is 50.1 cm³/mol. The molecule has 1 aromatic carbocycles. The number of nitrogens with one attached hydrogen (secondary N) is 2. The zero-order valence-corrected chi connectivity index (χ0v) is 7.89. The van der Waals surface area contributed by atoms with Gasteiger partial charge >= 0.3 is 0 Å². The van der Waals surface area contributed by atoms with Crippen LogP contribution < -0.4 is 10.6 Å². The molecule has 0 aromatic heterocycles. The Morgan fingerprint density at radius 2 is 2.07 bits per heavy atom. The summed E-state index contributed by atoms with van der Waals surface area (Å²) in [7, 11) is 0. The molecule has 0 unspecified atom stereocenters. The predicted octanol–water partition coefficient (Wildman–Crippen LogP) is 0.725. The van der Waals surface area contributed by atoms with Crippen LogP contribution in [0.15, 0.2) is 18.2 Å². The first-order valence-corrected chi connectivity index (χ1v) is 4.65. The van der Waals surface area contributed by atoms with Crippen molar-refractivity contribution in [3.05, 3.63) is 35.4 Å². The van der Waals surface area contributed by atoms with Crippen molar-refractivity contribution in [2.45, 2.75) is 6.04 Å². The summed E-state index contributed by atoms with van der Waals surface area (Å²) in [4.78, 5) is 11.4. The molecule has 5 heteroatoms. The largest absolute Gasteiger partial charge is 0.353 e. The normalized spacial score (nSPS) is 21.2. The Bertz CT molecular complexity index is 395. The molecule has 1 atom stereocenters. The quantitative estimate of drug-likeness (QED) is 0.720. The van der Waals surface area contributed by atoms with Gasteiger partial charge in [0.1, 0.15) is 6.04 Å². The summed E-state index contributed by atoms with van der Waals surface area (Å²) in [5.74, 6) is -2.23. The van der Waals surface area contributed by atoms with Crippen LogP contribution in [0.2, 0.25) is 0 Å². The Balaban J connectivity index is 2.35. The SMILES string of the molecule is O=C1NCCN[C@H]1c1cccc(F)c1F. The lowest BCUT2D eigenvalue weighted by atomic mass is 10.0. The van der Waals surface area contributed by atoms with Crippen LogP contribution in [0, 0.1) is 11.6 Å². The van der Waals surface area contributed by atoms with Crippen molar-refractivity contribution in [3.63, 3.8) is 0 Å². The standard InChI is InChI=1S/C10H10F2N2O/c11-7-3-1-2-6(8(7)12)9-10(15)14-5-4-13-9/h1-3,9,13H,4-5H2,(H,14,15)/t9-/m0/s1. The number of benzene rings is 1. The summed E-state index contributed by atoms with van der Waals surface area (Å²) in [6, 6.07) is 3.02. The number of halogens is 2. The van der Waals surface area contributed by atoms with Crippen LogP contribution in [0.25, 0.3) is 0 Å². The third-order valence-electron chi connectivity index (χ3n) is 2.33. The average molecular weight is 212 g/mol. The minimum absolute atomic E-state index is 0.0483. The molecule has 1 aliphatic heterocycles. The summed E-state index contributed by atoms with van der Waals surface area (Å²) < 4.78 is 26.3. The summed E-state index contributed by atoms with van der Waals surface area (Å²) in [6.07, 6.45) is 0. The van der Waals surface area contributed by atoms with Gasteiger partial charge in [-0.1, -0.05) is 12.1 Å². The lowest BCUT2D eigenvalue weighted by molar-refractivity contribution is -0.124. The van der Waals surface area contributed by atoms with Gasteiger partial charge in [0.2, 0.25) is 5.91 Å². The highest BCUT2D eigenvalue weighted by molar-refractivity contribution is 5.83. The fourth-order valence-electron chi connectivity index (χ4n) is 1.59. The molecular weight excluding hydrogens is 202 g/mol. The molecule has 2 N–H and O–H groups in total. The lowest BCUT2D eigenvalue weighted by Gasteiger charge is -2.24. The van der Waals surface area contributed by atoms with E-state index in [9.17, 15) is 13.6 Å². The number of amides is 1. The molecule has 1 aliphatic rings. The maximum atomic E-state index is 13.4. The Labute approximate surface area is 85.5 Å². The van der Waals surface area contributed by atoms with Crippen LogP contribution in [0.1, 0.15) is 11.6 Å². The zero-order chi connectivity index (χ0) is 10.8. The van der Waals surface area contributed by atoms with E-state index in [0.717, 1.165) is 6.07 Å². The van der Waals surface area contributed by atoms with E-state index in [-0.39, 0.29) is 11.5 Å². The van der Waals surface area contributed by atoms with Crippen LogP contribution in [0.3, 0.4) is 0 Å². The van der Waals surface area contributed by atoms with Gasteiger partial charge < -0.3 is 10.6 Å². The third-order valence-corrected chi connectivity index (χ3v) is 2.33. The molecule has 1 saturated heterocycles. The van der Waals surface area contributed by atoms with Gasteiger partial charge in [-0.2, -0.15) is 0 Å². The Morgan fingerprint density at radius 3 is 2.80 bits per heavy atom. The zero-order valence-electron chi connectivity index (χ0n) is 7.89. The fourth-order valence-corrected chi connectivity index (χ4v) is 1.59. The van der Waals surface area contributed by atoms with Crippen LogP contribution in [-0.4, -0.2) is 19.0 Å². The number of piperazine rings is 1. The molecule has 1 aromatic rings. The topological polar surface area (TPSA) is 41.1 Å². The molecule has 0 bridgehead atoms. The second-order valence-corrected chi connectivity index (χ2v) is 3.32. The van der Waals surface area contributed by atoms with Crippen molar-refractivity contribution in [1.29, 1.82) is 0 Å². The van der Waals surface area contributed by atoms with E-state index in [1.54, 1.807) is 0 Å². The van der Waals surface area contributed by atoms with Crippen molar-refractivity contribution in [3.8, 4) is 0 Å². The van der Waals surface area contributed by atoms with Crippen molar-refractivity contribution in [2.75, 3.05) is 13.1 Å². The van der Waals surface area contributed by atoms with Crippen LogP contribution in [0.5, 0.6) is 0 Å². The molecule has 1 amide bonds. The molecule has 1 heterocycles. The van der Waals surface area contributed by atoms with Gasteiger partial charge in [-0.05, 0) is 6.07 Å². The maximum absolute atomic E-state index is 13.4. The van der Waals surface area contributed by atoms with E-state index in [4.69, 9.17) is 0 Å². The Hall–Kier alpha value is -1.49. The maximum Gasteiger partial charge on any atom is 0.241 e. The number of rotatable bonds is 1. The number of hydrogen-bond donors (Lipinski definition) is 2. The van der Waals surface area contributed by atoms with Gasteiger partial charge in [0, 0.05) is 18.7 Å². The van der Waals surface area contributed by atoms with Gasteiger partial charge in [-0.25, -0.2) is 8.78 Å². The Morgan fingerprint density at radius 1 is 1.27 bits per heavy atom. The van der Waals surface area contributed by atoms with Gasteiger partial charge in [0.25, 0.3) is 0 Å². The molecule has 3 nitrogen and oxygen atoms in total. The highest BCUT2D eigenvalue weighted by Crippen LogP contribution is 2.20. The Kier molecular flexibility index (Phi) is 2.64. The highest BCUT2D eigenvalue weighted by Gasteiger charge is 2.26. The number of carbonyl (C=O) groups is 1. The van der Waals surface area contributed by atoms with E-state index < -0.39 is 17.7 Å². The second kappa shape index (κ2) is 3.94. The molecule has 80 valence electrons. The van der Waals surface area contributed by atoms with Crippen molar-refractivity contribution in [2.24, 2.45) is 0 Å². The van der Waals surface area contributed by atoms with E-state index in [0.29, 0.717) is 13.1 Å². The van der Waals surface area contributed by atoms with Crippen LogP contribution in [-0.2, 0) is 4.79 Å². The first-order chi connectivity index (χ1) is 7.20. The first kappa shape index (κ1) is 10.0. The molecular formula is C10H10F2N2O. The van der Waals surface area contributed by atoms with E-state index in [1.165, 1.54) is 12.1 Å². The third kappa shape index (κ3) is 1.83. The van der Waals surface area contributed by atoms with Crippen LogP contribution in [0.4, 0.5) is 8.78 Å². The first-order valence-electron chi connectivity index (χ1n) is 4.65. The minimum Gasteiger partial charge on any atom is -0.353 e. The smallest absolute Gasteiger partial charge is 0.241 e. The summed E-state index contributed by atoms with van der Waals surface area (Å²) in [5.41, 5.74) is 0.0483. The van der Waals surface area contributed by atoms with E-state index in [2.05, 4.69) is 10.6 Å². The number of hydrogen-bond acceptors (Lipinski definition) is 2. The van der Waals surface area contributed by atoms with Crippen molar-refractivity contribution in [1.82, 2.24) is 10.6 Å². The molecule has 0 aliphatic carbocycles. The summed E-state index contributed by atoms with van der Waals surface area (Å²) in [5, 5.41) is 5.42. The fraction of sp³-hybridized carbons (Fsp3) is 0.300. The summed E-state index contributed by atoms with van der Waals surface area (Å²) >= 11 is 0. The molecule has 1 fully saturated rings. The highest BCUT2D eigenvalue weighted by atomic mass is 19.2. The van der Waals surface area contributed by atoms with Crippen molar-refractivity contribution >= 4 is 5.91 Å². The molecule has 15 heavy (non-hydrogen) atoms. The molecule has 2 rings (SSSR count).